The summed E-state index contributed by atoms with van der Waals surface area (Å²) in [5, 5.41) is 2.83. The molecule has 2 unspecified atom stereocenters. The van der Waals surface area contributed by atoms with Gasteiger partial charge in [0.25, 0.3) is 5.91 Å². The van der Waals surface area contributed by atoms with Crippen LogP contribution in [-0.2, 0) is 25.7 Å². The molecule has 2 fully saturated rings. The van der Waals surface area contributed by atoms with E-state index in [-0.39, 0.29) is 17.9 Å². The molecule has 0 bridgehead atoms. The van der Waals surface area contributed by atoms with E-state index in [1.807, 2.05) is 37.3 Å². The molecule has 140 valence electrons. The maximum absolute atomic E-state index is 12.9. The van der Waals surface area contributed by atoms with Crippen molar-refractivity contribution in [2.24, 2.45) is 5.92 Å². The van der Waals surface area contributed by atoms with Crippen molar-refractivity contribution in [3.8, 4) is 0 Å². The summed E-state index contributed by atoms with van der Waals surface area (Å²) in [5.41, 5.74) is 0.959. The molecular formula is C20H26N2O4. The lowest BCUT2D eigenvalue weighted by molar-refractivity contribution is -0.144. The second-order valence-electron chi connectivity index (χ2n) is 7.05. The molecule has 1 N–H and O–H groups in total. The Morgan fingerprint density at radius 1 is 1.19 bits per heavy atom. The van der Waals surface area contributed by atoms with E-state index >= 15 is 0 Å². The Hall–Kier alpha value is -2.21. The lowest BCUT2D eigenvalue weighted by Crippen LogP contribution is -2.50. The van der Waals surface area contributed by atoms with Crippen LogP contribution in [-0.4, -0.2) is 47.8 Å². The van der Waals surface area contributed by atoms with Gasteiger partial charge in [-0.1, -0.05) is 43.7 Å². The van der Waals surface area contributed by atoms with Gasteiger partial charge in [-0.2, -0.15) is 0 Å². The van der Waals surface area contributed by atoms with Crippen LogP contribution in [0.1, 0.15) is 38.2 Å². The molecule has 0 spiro atoms. The zero-order chi connectivity index (χ0) is 18.5. The second-order valence-corrected chi connectivity index (χ2v) is 7.05. The average Bonchev–Trinajstić information content (AvgIpc) is 2.98. The molecule has 2 amide bonds. The molecule has 2 saturated heterocycles. The summed E-state index contributed by atoms with van der Waals surface area (Å²) in [6.07, 6.45) is 2.45. The lowest BCUT2D eigenvalue weighted by Gasteiger charge is -2.28. The third kappa shape index (κ3) is 4.12. The Bertz CT molecular complexity index is 655. The number of hydrogen-bond donors (Lipinski definition) is 1. The fraction of sp³-hybridized carbons (Fsp3) is 0.550. The van der Waals surface area contributed by atoms with Gasteiger partial charge in [-0.05, 0) is 24.3 Å². The van der Waals surface area contributed by atoms with E-state index in [1.165, 1.54) is 0 Å². The Balaban J connectivity index is 1.72. The molecule has 0 saturated carbocycles. The van der Waals surface area contributed by atoms with E-state index < -0.39 is 17.7 Å². The van der Waals surface area contributed by atoms with Crippen LogP contribution in [0.3, 0.4) is 0 Å². The number of amides is 2. The molecule has 6 nitrogen and oxygen atoms in total. The SMILES string of the molecule is CCC1CC(=O)N(Cc2ccccc2)C1C(=O)C(=O)NC1CCOCC1. The molecule has 0 radical (unpaired) electrons. The Labute approximate surface area is 153 Å². The fourth-order valence-electron chi connectivity index (χ4n) is 3.79. The van der Waals surface area contributed by atoms with Gasteiger partial charge < -0.3 is 15.0 Å². The van der Waals surface area contributed by atoms with E-state index in [0.29, 0.717) is 45.4 Å². The van der Waals surface area contributed by atoms with E-state index in [4.69, 9.17) is 4.74 Å². The van der Waals surface area contributed by atoms with E-state index in [1.54, 1.807) is 4.90 Å². The van der Waals surface area contributed by atoms with Crippen molar-refractivity contribution in [2.45, 2.75) is 51.2 Å². The number of rotatable bonds is 6. The summed E-state index contributed by atoms with van der Waals surface area (Å²) in [7, 11) is 0. The van der Waals surface area contributed by atoms with Gasteiger partial charge in [-0.15, -0.1) is 0 Å². The molecule has 2 atom stereocenters. The molecule has 0 aromatic heterocycles. The Kier molecular flexibility index (Phi) is 6.04. The van der Waals surface area contributed by atoms with Crippen molar-refractivity contribution in [1.29, 1.82) is 0 Å². The number of Topliss-reactive ketones (excluding diaryl/α,β-unsaturated/α-hetero) is 1. The van der Waals surface area contributed by atoms with Crippen molar-refractivity contribution in [3.63, 3.8) is 0 Å². The largest absolute Gasteiger partial charge is 0.381 e. The van der Waals surface area contributed by atoms with Crippen LogP contribution in [0, 0.1) is 5.92 Å². The van der Waals surface area contributed by atoms with Crippen molar-refractivity contribution in [3.05, 3.63) is 35.9 Å². The summed E-state index contributed by atoms with van der Waals surface area (Å²) in [6, 6.07) is 8.87. The number of nitrogens with one attached hydrogen (secondary N) is 1. The van der Waals surface area contributed by atoms with Gasteiger partial charge in [-0.3, -0.25) is 14.4 Å². The van der Waals surface area contributed by atoms with Crippen LogP contribution in [0.5, 0.6) is 0 Å². The van der Waals surface area contributed by atoms with Gasteiger partial charge in [0.2, 0.25) is 11.7 Å². The van der Waals surface area contributed by atoms with Crippen molar-refractivity contribution >= 4 is 17.6 Å². The van der Waals surface area contributed by atoms with Gasteiger partial charge >= 0.3 is 0 Å². The zero-order valence-electron chi connectivity index (χ0n) is 15.1. The van der Waals surface area contributed by atoms with Gasteiger partial charge in [-0.25, -0.2) is 0 Å². The quantitative estimate of drug-likeness (QED) is 0.785. The smallest absolute Gasteiger partial charge is 0.289 e. The standard InChI is InChI=1S/C20H26N2O4/c1-2-15-12-17(23)22(13-14-6-4-3-5-7-14)18(15)19(24)20(25)21-16-8-10-26-11-9-16/h3-7,15-16,18H,2,8-13H2,1H3,(H,21,25). The Morgan fingerprint density at radius 2 is 1.88 bits per heavy atom. The average molecular weight is 358 g/mol. The van der Waals surface area contributed by atoms with Gasteiger partial charge in [0.15, 0.2) is 0 Å². The molecule has 3 rings (SSSR count). The number of ketones is 1. The highest BCUT2D eigenvalue weighted by molar-refractivity contribution is 6.38. The maximum Gasteiger partial charge on any atom is 0.289 e. The maximum atomic E-state index is 12.9. The van der Waals surface area contributed by atoms with E-state index in [9.17, 15) is 14.4 Å². The topological polar surface area (TPSA) is 75.7 Å². The number of likely N-dealkylation sites (tertiary alicyclic amines) is 1. The van der Waals surface area contributed by atoms with E-state index in [0.717, 1.165) is 5.56 Å². The predicted octanol–water partition coefficient (Wildman–Crippen LogP) is 1.68. The highest BCUT2D eigenvalue weighted by atomic mass is 16.5. The van der Waals surface area contributed by atoms with Crippen LogP contribution in [0.2, 0.25) is 0 Å². The first-order valence-corrected chi connectivity index (χ1v) is 9.36. The predicted molar refractivity (Wildman–Crippen MR) is 96.2 cm³/mol. The van der Waals surface area contributed by atoms with Gasteiger partial charge in [0.05, 0.1) is 0 Å². The third-order valence-corrected chi connectivity index (χ3v) is 5.31. The van der Waals surface area contributed by atoms with Crippen LogP contribution < -0.4 is 5.32 Å². The summed E-state index contributed by atoms with van der Waals surface area (Å²) in [4.78, 5) is 39.5. The molecule has 26 heavy (non-hydrogen) atoms. The number of hydrogen-bond acceptors (Lipinski definition) is 4. The summed E-state index contributed by atoms with van der Waals surface area (Å²) in [6.45, 7) is 3.51. The van der Waals surface area contributed by atoms with Crippen molar-refractivity contribution in [2.75, 3.05) is 13.2 Å². The zero-order valence-corrected chi connectivity index (χ0v) is 15.1. The van der Waals surface area contributed by atoms with Crippen LogP contribution >= 0.6 is 0 Å². The first-order valence-electron chi connectivity index (χ1n) is 9.36. The Morgan fingerprint density at radius 3 is 2.54 bits per heavy atom. The van der Waals surface area contributed by atoms with Crippen LogP contribution in [0.15, 0.2) is 30.3 Å². The normalized spacial score (nSPS) is 23.9. The molecular weight excluding hydrogens is 332 g/mol. The second kappa shape index (κ2) is 8.45. The van der Waals surface area contributed by atoms with Gasteiger partial charge in [0.1, 0.15) is 6.04 Å². The third-order valence-electron chi connectivity index (χ3n) is 5.31. The van der Waals surface area contributed by atoms with Crippen LogP contribution in [0.25, 0.3) is 0 Å². The van der Waals surface area contributed by atoms with Crippen molar-refractivity contribution < 1.29 is 19.1 Å². The van der Waals surface area contributed by atoms with E-state index in [2.05, 4.69) is 5.32 Å². The monoisotopic (exact) mass is 358 g/mol. The molecule has 2 aliphatic heterocycles. The summed E-state index contributed by atoms with van der Waals surface area (Å²) in [5.74, 6) is -1.24. The fourth-order valence-corrected chi connectivity index (χ4v) is 3.79. The summed E-state index contributed by atoms with van der Waals surface area (Å²) < 4.78 is 5.28. The number of benzene rings is 1. The number of carbonyl (C=O) groups is 3. The lowest BCUT2D eigenvalue weighted by atomic mass is 9.93. The molecule has 1 aromatic carbocycles. The molecule has 2 aliphatic rings. The molecule has 1 aromatic rings. The first kappa shape index (κ1) is 18.6. The highest BCUT2D eigenvalue weighted by Crippen LogP contribution is 2.30. The first-order chi connectivity index (χ1) is 12.6. The minimum atomic E-state index is -0.674. The van der Waals surface area contributed by atoms with Crippen LogP contribution in [0.4, 0.5) is 0 Å². The van der Waals surface area contributed by atoms with Crippen molar-refractivity contribution in [1.82, 2.24) is 10.2 Å². The number of carbonyl (C=O) groups excluding carboxylic acids is 3. The minimum Gasteiger partial charge on any atom is -0.381 e. The minimum absolute atomic E-state index is 0.0278. The number of nitrogens with zero attached hydrogens (tertiary/aromatic N) is 1. The molecule has 2 heterocycles. The van der Waals surface area contributed by atoms with Gasteiger partial charge in [0, 0.05) is 32.2 Å². The number of ether oxygens (including phenoxy) is 1. The molecule has 6 heteroatoms. The molecule has 0 aliphatic carbocycles. The highest BCUT2D eigenvalue weighted by Gasteiger charge is 2.45. The summed E-state index contributed by atoms with van der Waals surface area (Å²) >= 11 is 0.